The highest BCUT2D eigenvalue weighted by atomic mass is 32.2. The Labute approximate surface area is 191 Å². The van der Waals surface area contributed by atoms with E-state index in [1.54, 1.807) is 17.5 Å². The summed E-state index contributed by atoms with van der Waals surface area (Å²) >= 11 is 0. The summed E-state index contributed by atoms with van der Waals surface area (Å²) in [7, 11) is 0.241. The van der Waals surface area contributed by atoms with Crippen LogP contribution in [0.15, 0.2) is 47.4 Å². The number of nitrogens with zero attached hydrogens (tertiary/aromatic N) is 4. The van der Waals surface area contributed by atoms with Crippen molar-refractivity contribution in [2.45, 2.75) is 23.8 Å². The van der Waals surface area contributed by atoms with Gasteiger partial charge < -0.3 is 19.4 Å². The van der Waals surface area contributed by atoms with Gasteiger partial charge in [0.15, 0.2) is 0 Å². The zero-order chi connectivity index (χ0) is 22.3. The molecule has 0 aliphatic carbocycles. The number of anilines is 3. The minimum atomic E-state index is -3.63. The minimum Gasteiger partial charge on any atom is -0.380 e. The molecule has 2 aromatic rings. The van der Waals surface area contributed by atoms with E-state index in [4.69, 9.17) is 4.74 Å². The van der Waals surface area contributed by atoms with Gasteiger partial charge in [0, 0.05) is 64.3 Å². The number of sulfonamides is 1. The van der Waals surface area contributed by atoms with Gasteiger partial charge in [0.05, 0.1) is 16.7 Å². The minimum absolute atomic E-state index is 0.203. The van der Waals surface area contributed by atoms with Crippen LogP contribution in [-0.2, 0) is 21.2 Å². The van der Waals surface area contributed by atoms with Crippen molar-refractivity contribution in [3.8, 4) is 0 Å². The van der Waals surface area contributed by atoms with Gasteiger partial charge in [0.2, 0.25) is 0 Å². The molecule has 3 heterocycles. The number of piperazine rings is 1. The molecule has 5 rings (SSSR count). The molecule has 0 radical (unpaired) electrons. The predicted molar refractivity (Wildman–Crippen MR) is 128 cm³/mol. The van der Waals surface area contributed by atoms with E-state index in [1.165, 1.54) is 0 Å². The molecule has 2 saturated heterocycles. The maximum absolute atomic E-state index is 13.7. The molecule has 7 nitrogen and oxygen atoms in total. The number of fused-ring (bicyclic) bond motifs is 1. The zero-order valence-corrected chi connectivity index (χ0v) is 19.7. The molecular formula is C24H32N4O3S. The van der Waals surface area contributed by atoms with Gasteiger partial charge in [-0.15, -0.1) is 0 Å². The van der Waals surface area contributed by atoms with Crippen LogP contribution in [0.3, 0.4) is 0 Å². The lowest BCUT2D eigenvalue weighted by Crippen LogP contribution is -2.44. The van der Waals surface area contributed by atoms with E-state index in [0.717, 1.165) is 74.7 Å². The van der Waals surface area contributed by atoms with Gasteiger partial charge >= 0.3 is 0 Å². The third-order valence-electron chi connectivity index (χ3n) is 7.04. The molecule has 2 aromatic carbocycles. The van der Waals surface area contributed by atoms with E-state index in [2.05, 4.69) is 39.9 Å². The van der Waals surface area contributed by atoms with Crippen LogP contribution in [0.2, 0.25) is 0 Å². The van der Waals surface area contributed by atoms with E-state index >= 15 is 0 Å². The second-order valence-corrected chi connectivity index (χ2v) is 10.9. The number of likely N-dealkylation sites (N-methyl/N-ethyl adjacent to an activating group) is 1. The SMILES string of the molecule is COC1CCN(c2cccc(S(=O)(=O)N3CCc4ccc(N5CCN(C)CC5)cc43)c2)C1. The van der Waals surface area contributed by atoms with E-state index in [0.29, 0.717) is 11.4 Å². The normalized spacial score (nSPS) is 21.9. The largest absolute Gasteiger partial charge is 0.380 e. The van der Waals surface area contributed by atoms with Crippen LogP contribution in [0, 0.1) is 0 Å². The summed E-state index contributed by atoms with van der Waals surface area (Å²) in [5.74, 6) is 0. The molecule has 32 heavy (non-hydrogen) atoms. The Balaban J connectivity index is 1.41. The van der Waals surface area contributed by atoms with Crippen molar-refractivity contribution in [2.24, 2.45) is 0 Å². The van der Waals surface area contributed by atoms with Crippen LogP contribution in [0.1, 0.15) is 12.0 Å². The van der Waals surface area contributed by atoms with Gasteiger partial charge in [-0.05, 0) is 55.8 Å². The van der Waals surface area contributed by atoms with Crippen molar-refractivity contribution in [1.29, 1.82) is 0 Å². The molecule has 172 valence electrons. The van der Waals surface area contributed by atoms with Crippen molar-refractivity contribution in [1.82, 2.24) is 4.90 Å². The Morgan fingerprint density at radius 1 is 0.906 bits per heavy atom. The fourth-order valence-electron chi connectivity index (χ4n) is 4.97. The Bertz CT molecular complexity index is 1080. The number of hydrogen-bond donors (Lipinski definition) is 0. The summed E-state index contributed by atoms with van der Waals surface area (Å²) in [5.41, 5.74) is 3.98. The Kier molecular flexibility index (Phi) is 5.77. The molecule has 1 unspecified atom stereocenters. The lowest BCUT2D eigenvalue weighted by atomic mass is 10.1. The molecule has 2 fully saturated rings. The molecule has 0 N–H and O–H groups in total. The number of hydrogen-bond acceptors (Lipinski definition) is 6. The van der Waals surface area contributed by atoms with E-state index in [9.17, 15) is 8.42 Å². The quantitative estimate of drug-likeness (QED) is 0.689. The molecule has 8 heteroatoms. The van der Waals surface area contributed by atoms with E-state index in [-0.39, 0.29) is 6.10 Å². The molecule has 3 aliphatic rings. The maximum Gasteiger partial charge on any atom is 0.264 e. The number of methoxy groups -OCH3 is 1. The molecule has 0 saturated carbocycles. The Hall–Kier alpha value is -2.29. The van der Waals surface area contributed by atoms with E-state index < -0.39 is 10.0 Å². The predicted octanol–water partition coefficient (Wildman–Crippen LogP) is 2.41. The first kappa shape index (κ1) is 21.6. The first-order chi connectivity index (χ1) is 15.5. The van der Waals surface area contributed by atoms with Gasteiger partial charge in [-0.2, -0.15) is 0 Å². The fraction of sp³-hybridized carbons (Fsp3) is 0.500. The average Bonchev–Trinajstić information content (AvgIpc) is 3.47. The van der Waals surface area contributed by atoms with Crippen molar-refractivity contribution >= 4 is 27.1 Å². The highest BCUT2D eigenvalue weighted by molar-refractivity contribution is 7.92. The highest BCUT2D eigenvalue weighted by Crippen LogP contribution is 2.37. The van der Waals surface area contributed by atoms with Gasteiger partial charge in [0.1, 0.15) is 0 Å². The molecule has 0 amide bonds. The second-order valence-electron chi connectivity index (χ2n) is 9.02. The van der Waals surface area contributed by atoms with E-state index in [1.807, 2.05) is 18.2 Å². The maximum atomic E-state index is 13.7. The molecule has 3 aliphatic heterocycles. The first-order valence-corrected chi connectivity index (χ1v) is 12.9. The second kappa shape index (κ2) is 8.57. The smallest absolute Gasteiger partial charge is 0.264 e. The van der Waals surface area contributed by atoms with Crippen LogP contribution in [0.25, 0.3) is 0 Å². The average molecular weight is 457 g/mol. The fourth-order valence-corrected chi connectivity index (χ4v) is 6.51. The summed E-state index contributed by atoms with van der Waals surface area (Å²) in [6, 6.07) is 13.7. The zero-order valence-electron chi connectivity index (χ0n) is 18.9. The topological polar surface area (TPSA) is 56.3 Å². The third kappa shape index (κ3) is 3.95. The van der Waals surface area contributed by atoms with Crippen LogP contribution in [0.4, 0.5) is 17.1 Å². The summed E-state index contributed by atoms with van der Waals surface area (Å²) < 4.78 is 34.4. The molecular weight excluding hydrogens is 424 g/mol. The standard InChI is InChI=1S/C24H32N4O3S/c1-25-12-14-26(15-13-25)21-7-6-19-8-11-28(24(19)17-21)32(29,30)23-5-3-4-20(16-23)27-10-9-22(18-27)31-2/h3-7,16-17,22H,8-15,18H2,1-2H3. The van der Waals surface area contributed by atoms with Gasteiger partial charge in [-0.1, -0.05) is 12.1 Å². The number of ether oxygens (including phenoxy) is 1. The van der Waals surface area contributed by atoms with Crippen molar-refractivity contribution in [3.63, 3.8) is 0 Å². The lowest BCUT2D eigenvalue weighted by molar-refractivity contribution is 0.121. The lowest BCUT2D eigenvalue weighted by Gasteiger charge is -2.34. The number of benzene rings is 2. The third-order valence-corrected chi connectivity index (χ3v) is 8.85. The van der Waals surface area contributed by atoms with Crippen LogP contribution in [-0.4, -0.2) is 79.4 Å². The van der Waals surface area contributed by atoms with Crippen LogP contribution >= 0.6 is 0 Å². The Morgan fingerprint density at radius 3 is 2.44 bits per heavy atom. The summed E-state index contributed by atoms with van der Waals surface area (Å²) in [5, 5.41) is 0. The summed E-state index contributed by atoms with van der Waals surface area (Å²) in [6.45, 7) is 6.12. The number of rotatable bonds is 5. The van der Waals surface area contributed by atoms with Crippen molar-refractivity contribution < 1.29 is 13.2 Å². The van der Waals surface area contributed by atoms with Gasteiger partial charge in [-0.3, -0.25) is 4.31 Å². The van der Waals surface area contributed by atoms with Crippen LogP contribution in [0.5, 0.6) is 0 Å². The molecule has 0 bridgehead atoms. The molecule has 1 atom stereocenters. The monoisotopic (exact) mass is 456 g/mol. The van der Waals surface area contributed by atoms with Gasteiger partial charge in [0.25, 0.3) is 10.0 Å². The van der Waals surface area contributed by atoms with Crippen molar-refractivity contribution in [3.05, 3.63) is 48.0 Å². The van der Waals surface area contributed by atoms with Gasteiger partial charge in [-0.25, -0.2) is 8.42 Å². The summed E-state index contributed by atoms with van der Waals surface area (Å²) in [6.07, 6.45) is 1.91. The molecule has 0 spiro atoms. The van der Waals surface area contributed by atoms with Crippen molar-refractivity contribution in [2.75, 3.05) is 74.1 Å². The highest BCUT2D eigenvalue weighted by Gasteiger charge is 2.32. The Morgan fingerprint density at radius 2 is 1.69 bits per heavy atom. The van der Waals surface area contributed by atoms with Crippen LogP contribution < -0.4 is 14.1 Å². The molecule has 0 aromatic heterocycles. The summed E-state index contributed by atoms with van der Waals surface area (Å²) in [4.78, 5) is 7.23. The first-order valence-electron chi connectivity index (χ1n) is 11.4.